The molecule has 0 spiro atoms. The summed E-state index contributed by atoms with van der Waals surface area (Å²) in [6.07, 6.45) is 48.7. The average molecular weight is 874 g/mol. The molecule has 0 amide bonds. The molecule has 342 valence electrons. The number of allylic oxidation sites excluding steroid dienone is 2. The molecule has 0 saturated heterocycles. The smallest absolute Gasteiger partial charge is 0.0848 e. The molecule has 0 heterocycles. The van der Waals surface area contributed by atoms with Gasteiger partial charge in [-0.15, -0.1) is 0 Å². The molecule has 61 heavy (non-hydrogen) atoms. The van der Waals surface area contributed by atoms with Crippen molar-refractivity contribution in [1.82, 2.24) is 0 Å². The summed E-state index contributed by atoms with van der Waals surface area (Å²) in [5.41, 5.74) is 6.13. The summed E-state index contributed by atoms with van der Waals surface area (Å²) in [6, 6.07) is 17.0. The molecule has 0 radical (unpaired) electrons. The van der Waals surface area contributed by atoms with Crippen molar-refractivity contribution in [3.05, 3.63) is 71.8 Å². The quantitative estimate of drug-likeness (QED) is 0.0282. The molecule has 0 bridgehead atoms. The molecule has 3 heteroatoms. The fraction of sp³-hybridized carbons (Fsp3) is 0.655. The molecule has 0 atom stereocenters. The maximum atomic E-state index is 5.28. The van der Waals surface area contributed by atoms with Crippen molar-refractivity contribution in [3.8, 4) is 23.7 Å². The van der Waals surface area contributed by atoms with E-state index in [-0.39, 0.29) is 16.5 Å². The van der Waals surface area contributed by atoms with Gasteiger partial charge < -0.3 is 0 Å². The first-order valence-electron chi connectivity index (χ1n) is 25.7. The van der Waals surface area contributed by atoms with Gasteiger partial charge in [0.2, 0.25) is 0 Å². The van der Waals surface area contributed by atoms with E-state index in [0.717, 1.165) is 66.0 Å². The van der Waals surface area contributed by atoms with Gasteiger partial charge >= 0.3 is 0 Å². The monoisotopic (exact) mass is 873 g/mol. The van der Waals surface area contributed by atoms with E-state index in [1.807, 2.05) is 0 Å². The van der Waals surface area contributed by atoms with E-state index < -0.39 is 0 Å². The number of rotatable bonds is 36. The third-order valence-electron chi connectivity index (χ3n) is 11.6. The van der Waals surface area contributed by atoms with Crippen molar-refractivity contribution in [2.24, 2.45) is 9.98 Å². The minimum atomic E-state index is 0. The summed E-state index contributed by atoms with van der Waals surface area (Å²) in [5.74, 6) is 13.5. The second kappa shape index (κ2) is 42.4. The van der Waals surface area contributed by atoms with Gasteiger partial charge in [-0.05, 0) is 93.1 Å². The van der Waals surface area contributed by atoms with Crippen molar-refractivity contribution in [2.45, 2.75) is 246 Å². The molecule has 0 aliphatic carbocycles. The normalized spacial score (nSPS) is 11.6. The molecule has 0 aromatic heterocycles. The van der Waals surface area contributed by atoms with Crippen LogP contribution in [0.4, 0.5) is 11.4 Å². The molecule has 0 aliphatic heterocycles. The van der Waals surface area contributed by atoms with Gasteiger partial charge in [-0.3, -0.25) is 4.99 Å². The van der Waals surface area contributed by atoms with Crippen LogP contribution in [0.5, 0.6) is 0 Å². The second-order valence-electron chi connectivity index (χ2n) is 17.4. The van der Waals surface area contributed by atoms with E-state index in [0.29, 0.717) is 0 Å². The van der Waals surface area contributed by atoms with Crippen LogP contribution in [-0.2, 0) is 16.5 Å². The maximum Gasteiger partial charge on any atom is 0.0848 e. The van der Waals surface area contributed by atoms with Crippen molar-refractivity contribution >= 4 is 22.8 Å². The molecule has 0 unspecified atom stereocenters. The van der Waals surface area contributed by atoms with Crippen LogP contribution in [0, 0.1) is 23.7 Å². The zero-order valence-corrected chi connectivity index (χ0v) is 41.0. The summed E-state index contributed by atoms with van der Waals surface area (Å²) >= 11 is 0. The van der Waals surface area contributed by atoms with Crippen LogP contribution < -0.4 is 0 Å². The number of hydrogen-bond donors (Lipinski definition) is 0. The maximum absolute atomic E-state index is 5.28. The summed E-state index contributed by atoms with van der Waals surface area (Å²) in [7, 11) is 0. The molecular weight excluding hydrogens is 783 g/mol. The zero-order valence-electron chi connectivity index (χ0n) is 40.0. The Morgan fingerprint density at radius 2 is 0.754 bits per heavy atom. The van der Waals surface area contributed by atoms with Crippen LogP contribution >= 0.6 is 0 Å². The third-order valence-corrected chi connectivity index (χ3v) is 11.6. The Morgan fingerprint density at radius 3 is 1.16 bits per heavy atom. The van der Waals surface area contributed by atoms with Crippen LogP contribution in [0.1, 0.15) is 257 Å². The molecule has 0 saturated carbocycles. The first-order chi connectivity index (χ1) is 29.7. The van der Waals surface area contributed by atoms with Crippen LogP contribution in [0.2, 0.25) is 0 Å². The summed E-state index contributed by atoms with van der Waals surface area (Å²) in [6.45, 7) is 9.09. The number of hydrogen-bond acceptors (Lipinski definition) is 2. The van der Waals surface area contributed by atoms with Gasteiger partial charge in [0.25, 0.3) is 0 Å². The Kier molecular flexibility index (Phi) is 39.1. The first-order valence-corrected chi connectivity index (χ1v) is 25.7. The average Bonchev–Trinajstić information content (AvgIpc) is 3.27. The SMILES string of the molecule is CCCCCCC#Cc1ccc(N=C(C=CCCCCCCCCCCCCCCCCCCCC)C(CCCCCC)=Nc2ccc(C#CCCCCCC)cc2)cc1.[Ni]. The molecule has 0 fully saturated rings. The molecule has 2 nitrogen and oxygen atoms in total. The molecule has 2 rings (SSSR count). The van der Waals surface area contributed by atoms with Gasteiger partial charge in [0.05, 0.1) is 22.8 Å². The molecule has 0 aliphatic rings. The third kappa shape index (κ3) is 32.5. The molecule has 2 aromatic rings. The predicted molar refractivity (Wildman–Crippen MR) is 270 cm³/mol. The van der Waals surface area contributed by atoms with Gasteiger partial charge in [-0.25, -0.2) is 4.99 Å². The van der Waals surface area contributed by atoms with Crippen molar-refractivity contribution in [3.63, 3.8) is 0 Å². The van der Waals surface area contributed by atoms with Gasteiger partial charge in [-0.1, -0.05) is 224 Å². The van der Waals surface area contributed by atoms with Crippen LogP contribution in [-0.4, -0.2) is 11.4 Å². The van der Waals surface area contributed by atoms with Crippen LogP contribution in [0.15, 0.2) is 70.7 Å². The minimum absolute atomic E-state index is 0. The number of nitrogens with zero attached hydrogens (tertiary/aromatic N) is 2. The second-order valence-corrected chi connectivity index (χ2v) is 17.4. The van der Waals surface area contributed by atoms with Gasteiger partial charge in [-0.2, -0.15) is 0 Å². The van der Waals surface area contributed by atoms with Crippen LogP contribution in [0.3, 0.4) is 0 Å². The van der Waals surface area contributed by atoms with Crippen molar-refractivity contribution in [2.75, 3.05) is 0 Å². The van der Waals surface area contributed by atoms with Gasteiger partial charge in [0, 0.05) is 40.5 Å². The first kappa shape index (κ1) is 56.2. The number of benzene rings is 2. The van der Waals surface area contributed by atoms with Crippen molar-refractivity contribution < 1.29 is 16.5 Å². The van der Waals surface area contributed by atoms with E-state index in [1.165, 1.54) is 186 Å². The largest absolute Gasteiger partial charge is 0.251 e. The fourth-order valence-electron chi connectivity index (χ4n) is 7.66. The van der Waals surface area contributed by atoms with Crippen molar-refractivity contribution in [1.29, 1.82) is 0 Å². The van der Waals surface area contributed by atoms with E-state index in [4.69, 9.17) is 9.98 Å². The van der Waals surface area contributed by atoms with E-state index in [9.17, 15) is 0 Å². The predicted octanol–water partition coefficient (Wildman–Crippen LogP) is 19.1. The summed E-state index contributed by atoms with van der Waals surface area (Å²) in [5, 5.41) is 0. The van der Waals surface area contributed by atoms with E-state index in [2.05, 4.69) is 112 Å². The van der Waals surface area contributed by atoms with Gasteiger partial charge in [0.1, 0.15) is 0 Å². The Hall–Kier alpha value is -2.87. The zero-order chi connectivity index (χ0) is 42.8. The van der Waals surface area contributed by atoms with E-state index in [1.54, 1.807) is 0 Å². The summed E-state index contributed by atoms with van der Waals surface area (Å²) in [4.78, 5) is 10.5. The van der Waals surface area contributed by atoms with Gasteiger partial charge in [0.15, 0.2) is 0 Å². The number of unbranched alkanes of at least 4 members (excludes halogenated alkanes) is 29. The molecular formula is C58H90N2Ni. The Morgan fingerprint density at radius 1 is 0.410 bits per heavy atom. The Labute approximate surface area is 388 Å². The summed E-state index contributed by atoms with van der Waals surface area (Å²) < 4.78 is 0. The molecule has 2 aromatic carbocycles. The topological polar surface area (TPSA) is 24.7 Å². The minimum Gasteiger partial charge on any atom is -0.251 e. The Bertz CT molecular complexity index is 1510. The fourth-order valence-corrected chi connectivity index (χ4v) is 7.66. The number of aliphatic imine (C=N–C) groups is 2. The molecule has 0 N–H and O–H groups in total. The van der Waals surface area contributed by atoms with E-state index >= 15 is 0 Å². The Balaban J connectivity index is 0.0000186. The van der Waals surface area contributed by atoms with Crippen LogP contribution in [0.25, 0.3) is 0 Å². The standard InChI is InChI=1S/C58H90N2.Ni/c1-5-9-13-17-20-21-22-23-24-25-26-27-28-29-30-31-32-33-36-40-44-58(60-56-51-47-54(48-52-56)42-38-35-19-15-11-7-3)57(43-39-16-12-8-4)59-55-49-45-53(46-50-55)41-37-34-18-14-10-6-2;/h40,44-52H,5-36,39,43H2,1-4H3;.